The van der Waals surface area contributed by atoms with E-state index in [1.165, 1.54) is 5.56 Å². The predicted molar refractivity (Wildman–Crippen MR) is 110 cm³/mol. The Bertz CT molecular complexity index is 622. The second-order valence-electron chi connectivity index (χ2n) is 7.44. The first kappa shape index (κ1) is 19.3. The molecule has 0 N–H and O–H groups in total. The van der Waals surface area contributed by atoms with Gasteiger partial charge >= 0.3 is 0 Å². The molecule has 0 amide bonds. The molecule has 0 saturated carbocycles. The van der Waals surface area contributed by atoms with Crippen LogP contribution in [0.2, 0.25) is 0 Å². The number of piperidine rings is 1. The molecule has 1 saturated heterocycles. The van der Waals surface area contributed by atoms with E-state index in [1.54, 1.807) is 0 Å². The molecular weight excluding hydrogens is 346 g/mol. The Kier molecular flexibility index (Phi) is 6.68. The molecule has 0 bridgehead atoms. The maximum Gasteiger partial charge on any atom is 0.157 e. The van der Waals surface area contributed by atoms with Gasteiger partial charge in [-0.05, 0) is 32.3 Å². The molecule has 0 radical (unpaired) electrons. The van der Waals surface area contributed by atoms with Gasteiger partial charge in [0.05, 0.1) is 5.38 Å². The zero-order chi connectivity index (χ0) is 18.5. The molecule has 142 valence electrons. The van der Waals surface area contributed by atoms with Crippen molar-refractivity contribution in [3.63, 3.8) is 0 Å². The van der Waals surface area contributed by atoms with Gasteiger partial charge in [-0.15, -0.1) is 11.6 Å². The Balaban J connectivity index is 1.59. The highest BCUT2D eigenvalue weighted by atomic mass is 35.5. The summed E-state index contributed by atoms with van der Waals surface area (Å²) < 4.78 is 0. The van der Waals surface area contributed by atoms with Gasteiger partial charge in [-0.25, -0.2) is 0 Å². The third kappa shape index (κ3) is 4.84. The van der Waals surface area contributed by atoms with E-state index in [0.29, 0.717) is 6.04 Å². The third-order valence-corrected chi connectivity index (χ3v) is 5.39. The summed E-state index contributed by atoms with van der Waals surface area (Å²) in [6.45, 7) is 7.39. The topological polar surface area (TPSA) is 34.4 Å². The molecule has 3 rings (SSSR count). The Labute approximate surface area is 162 Å². The van der Waals surface area contributed by atoms with Crippen molar-refractivity contribution in [3.8, 4) is 0 Å². The Hall–Kier alpha value is -1.43. The van der Waals surface area contributed by atoms with Crippen LogP contribution in [-0.4, -0.2) is 64.7 Å². The zero-order valence-corrected chi connectivity index (χ0v) is 16.8. The minimum absolute atomic E-state index is 0.101. The van der Waals surface area contributed by atoms with Crippen LogP contribution >= 0.6 is 11.6 Å². The fourth-order valence-electron chi connectivity index (χ4n) is 3.59. The van der Waals surface area contributed by atoms with Crippen molar-refractivity contribution in [1.29, 1.82) is 0 Å². The molecule has 1 aromatic carbocycles. The fourth-order valence-corrected chi connectivity index (χ4v) is 3.82. The first-order valence-electron chi connectivity index (χ1n) is 9.58. The van der Waals surface area contributed by atoms with Gasteiger partial charge in [-0.3, -0.25) is 9.89 Å². The normalized spacial score (nSPS) is 24.2. The number of amidine groups is 1. The smallest absolute Gasteiger partial charge is 0.157 e. The number of hydrogen-bond acceptors (Lipinski definition) is 4. The molecule has 0 aliphatic carbocycles. The van der Waals surface area contributed by atoms with Crippen molar-refractivity contribution in [2.24, 2.45) is 10.1 Å². The van der Waals surface area contributed by atoms with Gasteiger partial charge in [0.25, 0.3) is 0 Å². The molecule has 0 aromatic heterocycles. The minimum atomic E-state index is -0.101. The summed E-state index contributed by atoms with van der Waals surface area (Å²) >= 11 is 6.52. The summed E-state index contributed by atoms with van der Waals surface area (Å²) in [6.07, 6.45) is 4.89. The van der Waals surface area contributed by atoms with E-state index < -0.39 is 0 Å². The maximum atomic E-state index is 6.52. The van der Waals surface area contributed by atoms with E-state index in [9.17, 15) is 0 Å². The SMILES string of the molecule is CC(C)N=C1C(Cl)CC=NN1N(C)C1CCN(Cc2ccccc2)CC1. The van der Waals surface area contributed by atoms with E-state index in [0.717, 1.165) is 44.7 Å². The summed E-state index contributed by atoms with van der Waals surface area (Å²) in [6, 6.07) is 11.4. The molecular formula is C20H30ClN5. The predicted octanol–water partition coefficient (Wildman–Crippen LogP) is 3.60. The number of hydrogen-bond donors (Lipinski definition) is 0. The van der Waals surface area contributed by atoms with Crippen molar-refractivity contribution in [2.45, 2.75) is 57.1 Å². The zero-order valence-electron chi connectivity index (χ0n) is 16.1. The van der Waals surface area contributed by atoms with E-state index in [4.69, 9.17) is 16.6 Å². The number of alkyl halides is 1. The summed E-state index contributed by atoms with van der Waals surface area (Å²) in [5.41, 5.74) is 1.39. The van der Waals surface area contributed by atoms with Crippen LogP contribution in [0.5, 0.6) is 0 Å². The van der Waals surface area contributed by atoms with Crippen LogP contribution in [0.1, 0.15) is 38.7 Å². The summed E-state index contributed by atoms with van der Waals surface area (Å²) in [4.78, 5) is 7.26. The number of nitrogens with zero attached hydrogens (tertiary/aromatic N) is 5. The fraction of sp³-hybridized carbons (Fsp3) is 0.600. The molecule has 1 fully saturated rings. The van der Waals surface area contributed by atoms with Crippen molar-refractivity contribution in [1.82, 2.24) is 15.0 Å². The third-order valence-electron chi connectivity index (χ3n) is 5.01. The van der Waals surface area contributed by atoms with Gasteiger partial charge in [0.15, 0.2) is 5.84 Å². The number of hydrazone groups is 1. The van der Waals surface area contributed by atoms with Crippen LogP contribution in [0.4, 0.5) is 0 Å². The highest BCUT2D eigenvalue weighted by molar-refractivity contribution is 6.32. The molecule has 1 unspecified atom stereocenters. The molecule has 2 aliphatic rings. The van der Waals surface area contributed by atoms with Gasteiger partial charge in [-0.1, -0.05) is 30.3 Å². The number of likely N-dealkylation sites (tertiary alicyclic amines) is 1. The number of benzene rings is 1. The molecule has 0 spiro atoms. The highest BCUT2D eigenvalue weighted by Crippen LogP contribution is 2.23. The van der Waals surface area contributed by atoms with Crippen molar-refractivity contribution < 1.29 is 0 Å². The lowest BCUT2D eigenvalue weighted by atomic mass is 10.0. The maximum absolute atomic E-state index is 6.52. The van der Waals surface area contributed by atoms with E-state index >= 15 is 0 Å². The molecule has 1 atom stereocenters. The lowest BCUT2D eigenvalue weighted by molar-refractivity contribution is -0.00350. The van der Waals surface area contributed by atoms with E-state index in [2.05, 4.69) is 66.2 Å². The number of hydrazine groups is 1. The highest BCUT2D eigenvalue weighted by Gasteiger charge is 2.31. The Morgan fingerprint density at radius 1 is 1.23 bits per heavy atom. The number of aliphatic imine (C=N–C) groups is 1. The van der Waals surface area contributed by atoms with E-state index in [1.807, 2.05) is 11.3 Å². The van der Waals surface area contributed by atoms with Crippen molar-refractivity contribution in [2.75, 3.05) is 20.1 Å². The monoisotopic (exact) mass is 375 g/mol. The standard InChI is InChI=1S/C20H30ClN5/c1-16(2)23-20-19(21)9-12-22-26(20)24(3)18-10-13-25(14-11-18)15-17-7-5-4-6-8-17/h4-8,12,16,18-19H,9-11,13-15H2,1-3H3. The minimum Gasteiger partial charge on any atom is -0.299 e. The summed E-state index contributed by atoms with van der Waals surface area (Å²) in [5, 5.41) is 8.64. The molecule has 6 heteroatoms. The average Bonchev–Trinajstić information content (AvgIpc) is 2.64. The first-order valence-corrected chi connectivity index (χ1v) is 10.0. The molecule has 2 aliphatic heterocycles. The Morgan fingerprint density at radius 2 is 1.92 bits per heavy atom. The van der Waals surface area contributed by atoms with Crippen molar-refractivity contribution >= 4 is 23.7 Å². The average molecular weight is 376 g/mol. The van der Waals surface area contributed by atoms with E-state index in [-0.39, 0.29) is 11.4 Å². The summed E-state index contributed by atoms with van der Waals surface area (Å²) in [5.74, 6) is 0.874. The lowest BCUT2D eigenvalue weighted by Crippen LogP contribution is -2.53. The molecule has 1 aromatic rings. The van der Waals surface area contributed by atoms with Gasteiger partial charge in [0.2, 0.25) is 0 Å². The molecule has 5 nitrogen and oxygen atoms in total. The quantitative estimate of drug-likeness (QED) is 0.737. The second kappa shape index (κ2) is 8.98. The summed E-state index contributed by atoms with van der Waals surface area (Å²) in [7, 11) is 2.11. The van der Waals surface area contributed by atoms with Crippen LogP contribution in [0, 0.1) is 0 Å². The molecule has 26 heavy (non-hydrogen) atoms. The van der Waals surface area contributed by atoms with Crippen LogP contribution in [0.15, 0.2) is 40.4 Å². The lowest BCUT2D eigenvalue weighted by Gasteiger charge is -2.42. The van der Waals surface area contributed by atoms with Gasteiger partial charge in [0.1, 0.15) is 0 Å². The molecule has 2 heterocycles. The van der Waals surface area contributed by atoms with Crippen LogP contribution in [0.3, 0.4) is 0 Å². The Morgan fingerprint density at radius 3 is 2.58 bits per heavy atom. The number of rotatable bonds is 5. The number of halogens is 1. The largest absolute Gasteiger partial charge is 0.299 e. The van der Waals surface area contributed by atoms with Crippen LogP contribution in [-0.2, 0) is 6.54 Å². The van der Waals surface area contributed by atoms with Crippen molar-refractivity contribution in [3.05, 3.63) is 35.9 Å². The van der Waals surface area contributed by atoms with Crippen LogP contribution < -0.4 is 0 Å². The first-order chi connectivity index (χ1) is 12.5. The second-order valence-corrected chi connectivity index (χ2v) is 7.97. The van der Waals surface area contributed by atoms with Gasteiger partial charge in [0, 0.05) is 51.4 Å². The van der Waals surface area contributed by atoms with Gasteiger partial charge in [-0.2, -0.15) is 15.2 Å². The van der Waals surface area contributed by atoms with Crippen LogP contribution in [0.25, 0.3) is 0 Å². The van der Waals surface area contributed by atoms with Gasteiger partial charge < -0.3 is 0 Å².